The monoisotopic (exact) mass is 417 g/mol. The van der Waals surface area contributed by atoms with Crippen molar-refractivity contribution >= 4 is 11.7 Å². The maximum atomic E-state index is 12.6. The summed E-state index contributed by atoms with van der Waals surface area (Å²) in [6.07, 6.45) is -0.556. The van der Waals surface area contributed by atoms with E-state index < -0.39 is 13.0 Å². The second-order valence-corrected chi connectivity index (χ2v) is 7.67. The van der Waals surface area contributed by atoms with E-state index in [1.54, 1.807) is 39.0 Å². The molecule has 0 spiro atoms. The van der Waals surface area contributed by atoms with Gasteiger partial charge in [-0.2, -0.15) is 0 Å². The number of carbonyl (C=O) groups is 2. The minimum absolute atomic E-state index is 0.116. The van der Waals surface area contributed by atoms with Crippen LogP contribution in [-0.2, 0) is 17.8 Å². The zero-order valence-corrected chi connectivity index (χ0v) is 17.3. The fourth-order valence-corrected chi connectivity index (χ4v) is 3.32. The predicted octanol–water partition coefficient (Wildman–Crippen LogP) is 3.50. The van der Waals surface area contributed by atoms with Crippen LogP contribution in [0.25, 0.3) is 0 Å². The van der Waals surface area contributed by atoms with Crippen molar-refractivity contribution in [3.05, 3.63) is 52.1 Å². The lowest BCUT2D eigenvalue weighted by molar-refractivity contribution is -0.119. The normalized spacial score (nSPS) is 13.4. The average Bonchev–Trinajstić information content (AvgIpc) is 3.50. The Morgan fingerprint density at radius 1 is 1.13 bits per heavy atom. The summed E-state index contributed by atoms with van der Waals surface area (Å²) in [5, 5.41) is 2.81. The summed E-state index contributed by atoms with van der Waals surface area (Å²) < 4.78 is 30.0. The maximum Gasteiger partial charge on any atom is 0.272 e. The van der Waals surface area contributed by atoms with Gasteiger partial charge in [-0.05, 0) is 56.4 Å². The van der Waals surface area contributed by atoms with E-state index in [4.69, 9.17) is 4.74 Å². The lowest BCUT2D eigenvalue weighted by Gasteiger charge is -2.14. The number of Topliss-reactive ketones (excluding diaryl/α,β-unsaturated/α-hetero) is 1. The number of rotatable bonds is 9. The first-order valence-electron chi connectivity index (χ1n) is 9.89. The van der Waals surface area contributed by atoms with Gasteiger partial charge in [0.2, 0.25) is 0 Å². The van der Waals surface area contributed by atoms with Gasteiger partial charge in [0.25, 0.3) is 12.3 Å². The summed E-state index contributed by atoms with van der Waals surface area (Å²) >= 11 is 0. The third-order valence-corrected chi connectivity index (χ3v) is 4.83. The van der Waals surface area contributed by atoms with Gasteiger partial charge in [0.05, 0.1) is 6.42 Å². The number of halogens is 2. The molecule has 1 heterocycles. The number of carbonyl (C=O) groups excluding carboxylic acids is 2. The van der Waals surface area contributed by atoms with Gasteiger partial charge in [-0.1, -0.05) is 12.1 Å². The molecule has 1 aliphatic carbocycles. The van der Waals surface area contributed by atoms with Crippen molar-refractivity contribution in [2.45, 2.75) is 53.0 Å². The molecule has 1 fully saturated rings. The molecule has 1 aliphatic rings. The van der Waals surface area contributed by atoms with E-state index in [0.717, 1.165) is 29.5 Å². The maximum absolute atomic E-state index is 12.6. The van der Waals surface area contributed by atoms with Gasteiger partial charge in [0.1, 0.15) is 29.7 Å². The largest absolute Gasteiger partial charge is 0.487 e. The molecule has 0 bridgehead atoms. The summed E-state index contributed by atoms with van der Waals surface area (Å²) in [6.45, 7) is 4.89. The van der Waals surface area contributed by atoms with Gasteiger partial charge in [0.15, 0.2) is 0 Å². The minimum Gasteiger partial charge on any atom is -0.487 e. The van der Waals surface area contributed by atoms with Crippen molar-refractivity contribution in [3.63, 3.8) is 0 Å². The highest BCUT2D eigenvalue weighted by molar-refractivity contribution is 5.92. The van der Waals surface area contributed by atoms with Gasteiger partial charge < -0.3 is 10.1 Å². The summed E-state index contributed by atoms with van der Waals surface area (Å²) in [5.41, 5.74) is 3.10. The lowest BCUT2D eigenvalue weighted by atomic mass is 10.1. The van der Waals surface area contributed by atoms with Crippen molar-refractivity contribution < 1.29 is 23.1 Å². The second-order valence-electron chi connectivity index (χ2n) is 7.67. The standard InChI is InChI=1S/C22H25F2N3O3/c1-12-6-15(7-13(2)21(12)30-11-19(23)24)10-25-22(29)17-8-14(3)26-20(27-17)9-18(28)16-4-5-16/h6-8,16,19H,4-5,9-11H2,1-3H3,(H,25,29). The molecular formula is C22H25F2N3O3. The van der Waals surface area contributed by atoms with Crippen LogP contribution in [0.15, 0.2) is 18.2 Å². The highest BCUT2D eigenvalue weighted by Crippen LogP contribution is 2.30. The summed E-state index contributed by atoms with van der Waals surface area (Å²) in [4.78, 5) is 33.1. The Morgan fingerprint density at radius 2 is 1.80 bits per heavy atom. The fourth-order valence-electron chi connectivity index (χ4n) is 3.32. The Labute approximate surface area is 174 Å². The molecule has 3 rings (SSSR count). The Hall–Kier alpha value is -2.90. The molecule has 2 aromatic rings. The van der Waals surface area contributed by atoms with Gasteiger partial charge in [-0.25, -0.2) is 18.7 Å². The number of amides is 1. The van der Waals surface area contributed by atoms with E-state index in [1.165, 1.54) is 0 Å². The van der Waals surface area contributed by atoms with Crippen LogP contribution in [0.5, 0.6) is 5.75 Å². The van der Waals surface area contributed by atoms with E-state index in [2.05, 4.69) is 15.3 Å². The number of hydrogen-bond acceptors (Lipinski definition) is 5. The molecule has 0 saturated heterocycles. The van der Waals surface area contributed by atoms with Crippen molar-refractivity contribution in [3.8, 4) is 5.75 Å². The van der Waals surface area contributed by atoms with Gasteiger partial charge >= 0.3 is 0 Å². The minimum atomic E-state index is -2.54. The quantitative estimate of drug-likeness (QED) is 0.675. The van der Waals surface area contributed by atoms with Crippen LogP contribution in [0.1, 0.15) is 51.5 Å². The number of aryl methyl sites for hydroxylation is 3. The van der Waals surface area contributed by atoms with Crippen molar-refractivity contribution in [2.24, 2.45) is 5.92 Å². The first-order chi connectivity index (χ1) is 14.2. The SMILES string of the molecule is Cc1cc(C(=O)NCc2cc(C)c(OCC(F)F)c(C)c2)nc(CC(=O)C2CC2)n1. The zero-order chi connectivity index (χ0) is 21.8. The number of alkyl halides is 2. The molecule has 0 aliphatic heterocycles. The first kappa shape index (κ1) is 21.8. The Bertz CT molecular complexity index is 936. The zero-order valence-electron chi connectivity index (χ0n) is 17.3. The van der Waals surface area contributed by atoms with E-state index in [-0.39, 0.29) is 36.3 Å². The molecule has 6 nitrogen and oxygen atoms in total. The van der Waals surface area contributed by atoms with Crippen LogP contribution < -0.4 is 10.1 Å². The third kappa shape index (κ3) is 5.81. The number of ketones is 1. The van der Waals surface area contributed by atoms with Crippen LogP contribution in [0.3, 0.4) is 0 Å². The molecule has 0 unspecified atom stereocenters. The molecule has 30 heavy (non-hydrogen) atoms. The molecule has 1 amide bonds. The number of hydrogen-bond donors (Lipinski definition) is 1. The molecule has 0 radical (unpaired) electrons. The molecule has 1 saturated carbocycles. The molecule has 1 aromatic heterocycles. The molecule has 1 N–H and O–H groups in total. The summed E-state index contributed by atoms with van der Waals surface area (Å²) in [6, 6.07) is 5.16. The highest BCUT2D eigenvalue weighted by Gasteiger charge is 2.30. The molecule has 0 atom stereocenters. The number of aromatic nitrogens is 2. The van der Waals surface area contributed by atoms with Gasteiger partial charge in [-0.3, -0.25) is 9.59 Å². The smallest absolute Gasteiger partial charge is 0.272 e. The Balaban J connectivity index is 1.65. The fraction of sp³-hybridized carbons (Fsp3) is 0.455. The highest BCUT2D eigenvalue weighted by atomic mass is 19.3. The topological polar surface area (TPSA) is 81.2 Å². The van der Waals surface area contributed by atoms with Crippen LogP contribution >= 0.6 is 0 Å². The van der Waals surface area contributed by atoms with Crippen molar-refractivity contribution in [2.75, 3.05) is 6.61 Å². The van der Waals surface area contributed by atoms with Gasteiger partial charge in [-0.15, -0.1) is 0 Å². The number of benzene rings is 1. The molecule has 1 aromatic carbocycles. The second kappa shape index (κ2) is 9.28. The van der Waals surface area contributed by atoms with Gasteiger partial charge in [0, 0.05) is 18.2 Å². The number of nitrogens with zero attached hydrogens (tertiary/aromatic N) is 2. The van der Waals surface area contributed by atoms with E-state index in [9.17, 15) is 18.4 Å². The third-order valence-electron chi connectivity index (χ3n) is 4.83. The summed E-state index contributed by atoms with van der Waals surface area (Å²) in [7, 11) is 0. The lowest BCUT2D eigenvalue weighted by Crippen LogP contribution is -2.25. The Kier molecular flexibility index (Phi) is 6.74. The van der Waals surface area contributed by atoms with E-state index in [1.807, 2.05) is 0 Å². The van der Waals surface area contributed by atoms with Crippen molar-refractivity contribution in [1.82, 2.24) is 15.3 Å². The predicted molar refractivity (Wildman–Crippen MR) is 107 cm³/mol. The number of ether oxygens (including phenoxy) is 1. The van der Waals surface area contributed by atoms with E-state index >= 15 is 0 Å². The van der Waals surface area contributed by atoms with Crippen LogP contribution in [0, 0.1) is 26.7 Å². The van der Waals surface area contributed by atoms with Crippen LogP contribution in [-0.4, -0.2) is 34.7 Å². The molecular weight excluding hydrogens is 392 g/mol. The molecule has 160 valence electrons. The van der Waals surface area contributed by atoms with Crippen LogP contribution in [0.2, 0.25) is 0 Å². The van der Waals surface area contributed by atoms with Crippen LogP contribution in [0.4, 0.5) is 8.78 Å². The summed E-state index contributed by atoms with van der Waals surface area (Å²) in [5.74, 6) is 0.664. The first-order valence-corrected chi connectivity index (χ1v) is 9.89. The molecule has 8 heteroatoms. The van der Waals surface area contributed by atoms with E-state index in [0.29, 0.717) is 17.3 Å². The Morgan fingerprint density at radius 3 is 2.40 bits per heavy atom. The average molecular weight is 417 g/mol. The van der Waals surface area contributed by atoms with Crippen molar-refractivity contribution in [1.29, 1.82) is 0 Å². The number of nitrogens with one attached hydrogen (secondary N) is 1.